The van der Waals surface area contributed by atoms with Gasteiger partial charge < -0.3 is 18.9 Å². The second-order valence-electron chi connectivity index (χ2n) is 7.58. The average Bonchev–Trinajstić information content (AvgIpc) is 2.68. The molecule has 0 amide bonds. The molecule has 2 rings (SSSR count). The maximum Gasteiger partial charge on any atom is 0.308 e. The lowest BCUT2D eigenvalue weighted by atomic mass is 9.95. The smallest absolute Gasteiger partial charge is 0.308 e. The fourth-order valence-electron chi connectivity index (χ4n) is 3.66. The summed E-state index contributed by atoms with van der Waals surface area (Å²) in [7, 11) is 0. The molecule has 0 N–H and O–H groups in total. The van der Waals surface area contributed by atoms with E-state index in [1.165, 1.54) is 0 Å². The van der Waals surface area contributed by atoms with Gasteiger partial charge in [-0.2, -0.15) is 0 Å². The van der Waals surface area contributed by atoms with Gasteiger partial charge in [-0.15, -0.1) is 0 Å². The molecule has 0 bridgehead atoms. The van der Waals surface area contributed by atoms with Gasteiger partial charge in [-0.3, -0.25) is 9.59 Å². The van der Waals surface area contributed by atoms with E-state index in [-0.39, 0.29) is 23.8 Å². The summed E-state index contributed by atoms with van der Waals surface area (Å²) < 4.78 is 21.4. The summed E-state index contributed by atoms with van der Waals surface area (Å²) in [6.45, 7) is 4.13. The SMILES string of the molecule is O=C1OCCCC1CCCCOCCCOCCCCC1CCCOC1=O. The Bertz CT molecular complexity index is 387. The summed E-state index contributed by atoms with van der Waals surface area (Å²) >= 11 is 0. The summed E-state index contributed by atoms with van der Waals surface area (Å²) in [6.07, 6.45) is 10.7. The third-order valence-corrected chi connectivity index (χ3v) is 5.31. The number of esters is 2. The topological polar surface area (TPSA) is 71.1 Å². The first kappa shape index (κ1) is 22.2. The largest absolute Gasteiger partial charge is 0.465 e. The minimum Gasteiger partial charge on any atom is -0.465 e. The van der Waals surface area contributed by atoms with Crippen molar-refractivity contribution in [2.24, 2.45) is 11.8 Å². The minimum absolute atomic E-state index is 0.0157. The van der Waals surface area contributed by atoms with Gasteiger partial charge in [-0.05, 0) is 57.8 Å². The normalized spacial score (nSPS) is 23.1. The molecule has 2 heterocycles. The molecule has 0 aromatic carbocycles. The number of hydrogen-bond donors (Lipinski definition) is 0. The van der Waals surface area contributed by atoms with Crippen LogP contribution in [0.2, 0.25) is 0 Å². The number of hydrogen-bond acceptors (Lipinski definition) is 6. The lowest BCUT2D eigenvalue weighted by molar-refractivity contribution is -0.154. The van der Waals surface area contributed by atoms with Gasteiger partial charge in [-0.25, -0.2) is 0 Å². The lowest BCUT2D eigenvalue weighted by Gasteiger charge is -2.20. The Morgan fingerprint density at radius 1 is 0.667 bits per heavy atom. The van der Waals surface area contributed by atoms with Gasteiger partial charge in [0.25, 0.3) is 0 Å². The Kier molecular flexibility index (Phi) is 11.4. The zero-order valence-electron chi connectivity index (χ0n) is 16.6. The average molecular weight is 385 g/mol. The van der Waals surface area contributed by atoms with E-state index in [2.05, 4.69) is 0 Å². The molecule has 0 radical (unpaired) electrons. The van der Waals surface area contributed by atoms with Crippen molar-refractivity contribution < 1.29 is 28.5 Å². The Labute approximate surface area is 163 Å². The fourth-order valence-corrected chi connectivity index (χ4v) is 3.66. The number of ether oxygens (including phenoxy) is 4. The predicted octanol–water partition coefficient (Wildman–Crippen LogP) is 3.66. The molecule has 0 spiro atoms. The summed E-state index contributed by atoms with van der Waals surface area (Å²) in [5, 5.41) is 0. The maximum absolute atomic E-state index is 11.5. The van der Waals surface area contributed by atoms with Gasteiger partial charge in [0.15, 0.2) is 0 Å². The summed E-state index contributed by atoms with van der Waals surface area (Å²) in [5.74, 6) is 0.183. The number of cyclic esters (lactones) is 2. The second-order valence-corrected chi connectivity index (χ2v) is 7.58. The third-order valence-electron chi connectivity index (χ3n) is 5.31. The van der Waals surface area contributed by atoms with Crippen molar-refractivity contribution >= 4 is 11.9 Å². The van der Waals surface area contributed by atoms with Crippen LogP contribution in [0.4, 0.5) is 0 Å². The van der Waals surface area contributed by atoms with E-state index < -0.39 is 0 Å². The molecular weight excluding hydrogens is 348 g/mol. The van der Waals surface area contributed by atoms with E-state index in [9.17, 15) is 9.59 Å². The van der Waals surface area contributed by atoms with E-state index in [0.29, 0.717) is 13.2 Å². The molecule has 0 aromatic heterocycles. The molecule has 6 heteroatoms. The highest BCUT2D eigenvalue weighted by Gasteiger charge is 2.23. The van der Waals surface area contributed by atoms with Gasteiger partial charge in [0.2, 0.25) is 0 Å². The fraction of sp³-hybridized carbons (Fsp3) is 0.905. The number of carbonyl (C=O) groups excluding carboxylic acids is 2. The van der Waals surface area contributed by atoms with Crippen LogP contribution in [0.5, 0.6) is 0 Å². The zero-order valence-corrected chi connectivity index (χ0v) is 16.6. The molecule has 27 heavy (non-hydrogen) atoms. The van der Waals surface area contributed by atoms with E-state index in [4.69, 9.17) is 18.9 Å². The van der Waals surface area contributed by atoms with Crippen LogP contribution in [0, 0.1) is 11.8 Å². The van der Waals surface area contributed by atoms with Crippen LogP contribution in [0.3, 0.4) is 0 Å². The molecule has 0 aromatic rings. The van der Waals surface area contributed by atoms with Gasteiger partial charge in [0.05, 0.1) is 25.0 Å². The summed E-state index contributed by atoms with van der Waals surface area (Å²) in [4.78, 5) is 23.1. The predicted molar refractivity (Wildman–Crippen MR) is 101 cm³/mol. The van der Waals surface area contributed by atoms with Crippen molar-refractivity contribution in [2.75, 3.05) is 39.6 Å². The van der Waals surface area contributed by atoms with E-state index in [1.807, 2.05) is 0 Å². The molecule has 2 unspecified atom stereocenters. The van der Waals surface area contributed by atoms with Crippen molar-refractivity contribution in [3.63, 3.8) is 0 Å². The van der Waals surface area contributed by atoms with Gasteiger partial charge in [0, 0.05) is 26.4 Å². The van der Waals surface area contributed by atoms with Crippen molar-refractivity contribution in [3.8, 4) is 0 Å². The number of rotatable bonds is 14. The third kappa shape index (κ3) is 9.56. The summed E-state index contributed by atoms with van der Waals surface area (Å²) in [5.41, 5.74) is 0. The molecule has 2 aliphatic heterocycles. The molecule has 2 saturated heterocycles. The lowest BCUT2D eigenvalue weighted by Crippen LogP contribution is -2.24. The standard InChI is InChI=1S/C21H36O6/c22-20-18(10-5-16-26-20)8-1-3-12-24-14-7-15-25-13-4-2-9-19-11-6-17-27-21(19)23/h18-19H,1-17H2. The first-order valence-electron chi connectivity index (χ1n) is 10.8. The highest BCUT2D eigenvalue weighted by molar-refractivity contribution is 5.73. The Morgan fingerprint density at radius 2 is 1.11 bits per heavy atom. The molecular formula is C21H36O6. The Hall–Kier alpha value is -1.14. The van der Waals surface area contributed by atoms with Crippen LogP contribution < -0.4 is 0 Å². The monoisotopic (exact) mass is 384 g/mol. The molecule has 0 aliphatic carbocycles. The Balaban J connectivity index is 1.29. The van der Waals surface area contributed by atoms with Crippen LogP contribution >= 0.6 is 0 Å². The van der Waals surface area contributed by atoms with Gasteiger partial charge in [0.1, 0.15) is 0 Å². The molecule has 6 nitrogen and oxygen atoms in total. The van der Waals surface area contributed by atoms with E-state index in [1.54, 1.807) is 0 Å². The zero-order chi connectivity index (χ0) is 19.2. The van der Waals surface area contributed by atoms with Gasteiger partial charge in [-0.1, -0.05) is 12.8 Å². The molecule has 156 valence electrons. The molecule has 0 saturated carbocycles. The first-order chi connectivity index (χ1) is 13.3. The highest BCUT2D eigenvalue weighted by Crippen LogP contribution is 2.21. The van der Waals surface area contributed by atoms with Crippen molar-refractivity contribution in [2.45, 2.75) is 70.6 Å². The van der Waals surface area contributed by atoms with Crippen LogP contribution in [0.15, 0.2) is 0 Å². The highest BCUT2D eigenvalue weighted by atomic mass is 16.5. The van der Waals surface area contributed by atoms with Crippen molar-refractivity contribution in [1.29, 1.82) is 0 Å². The summed E-state index contributed by atoms with van der Waals surface area (Å²) in [6, 6.07) is 0. The number of unbranched alkanes of at least 4 members (excludes halogenated alkanes) is 2. The van der Waals surface area contributed by atoms with Crippen LogP contribution in [0.25, 0.3) is 0 Å². The van der Waals surface area contributed by atoms with Gasteiger partial charge >= 0.3 is 11.9 Å². The first-order valence-corrected chi connectivity index (χ1v) is 10.8. The van der Waals surface area contributed by atoms with E-state index >= 15 is 0 Å². The van der Waals surface area contributed by atoms with Crippen LogP contribution in [-0.2, 0) is 28.5 Å². The minimum atomic E-state index is -0.0157. The molecule has 2 atom stereocenters. The van der Waals surface area contributed by atoms with Crippen LogP contribution in [-0.4, -0.2) is 51.6 Å². The molecule has 2 aliphatic rings. The van der Waals surface area contributed by atoms with Crippen molar-refractivity contribution in [3.05, 3.63) is 0 Å². The Morgan fingerprint density at radius 3 is 1.56 bits per heavy atom. The van der Waals surface area contributed by atoms with Crippen LogP contribution in [0.1, 0.15) is 70.6 Å². The quantitative estimate of drug-likeness (QED) is 0.336. The van der Waals surface area contributed by atoms with E-state index in [0.717, 1.165) is 97.1 Å². The maximum atomic E-state index is 11.5. The van der Waals surface area contributed by atoms with Crippen molar-refractivity contribution in [1.82, 2.24) is 0 Å². The second kappa shape index (κ2) is 13.9. The molecule has 2 fully saturated rings. The number of carbonyl (C=O) groups is 2.